The number of benzene rings is 2. The Morgan fingerprint density at radius 1 is 1.08 bits per heavy atom. The minimum Gasteiger partial charge on any atom is -0.497 e. The minimum absolute atomic E-state index is 0.205. The number of nitrogens with one attached hydrogen (secondary N) is 1. The minimum atomic E-state index is -0.707. The van der Waals surface area contributed by atoms with Crippen LogP contribution in [0.2, 0.25) is 0 Å². The van der Waals surface area contributed by atoms with Crippen LogP contribution >= 0.6 is 0 Å². The van der Waals surface area contributed by atoms with E-state index in [-0.39, 0.29) is 19.2 Å². The molecule has 0 aliphatic heterocycles. The second-order valence-electron chi connectivity index (χ2n) is 5.29. The summed E-state index contributed by atoms with van der Waals surface area (Å²) in [6.07, 6.45) is -0.707. The molecule has 0 bridgehead atoms. The lowest BCUT2D eigenvalue weighted by Crippen LogP contribution is -2.12. The normalized spacial score (nSPS) is 11.8. The van der Waals surface area contributed by atoms with Crippen molar-refractivity contribution in [2.24, 2.45) is 0 Å². The number of rotatable bonds is 8. The van der Waals surface area contributed by atoms with Gasteiger partial charge in [-0.3, -0.25) is 0 Å². The van der Waals surface area contributed by atoms with E-state index < -0.39 is 6.10 Å². The quantitative estimate of drug-likeness (QED) is 0.651. The molecule has 7 heteroatoms. The van der Waals surface area contributed by atoms with Crippen LogP contribution in [0.5, 0.6) is 11.5 Å². The molecule has 1 heterocycles. The second-order valence-corrected chi connectivity index (χ2v) is 5.29. The molecule has 2 N–H and O–H groups in total. The maximum absolute atomic E-state index is 10.2. The van der Waals surface area contributed by atoms with E-state index in [1.54, 1.807) is 31.4 Å². The summed E-state index contributed by atoms with van der Waals surface area (Å²) in [4.78, 5) is 4.17. The molecule has 3 rings (SSSR count). The molecule has 1 atom stereocenters. The summed E-state index contributed by atoms with van der Waals surface area (Å²) in [7, 11) is 1.60. The van der Waals surface area contributed by atoms with E-state index in [1.165, 1.54) is 0 Å². The van der Waals surface area contributed by atoms with Gasteiger partial charge in [0.05, 0.1) is 13.2 Å². The third-order valence-electron chi connectivity index (χ3n) is 3.53. The summed E-state index contributed by atoms with van der Waals surface area (Å²) >= 11 is 0. The fourth-order valence-corrected chi connectivity index (χ4v) is 2.18. The molecule has 3 aromatic rings. The Morgan fingerprint density at radius 2 is 1.84 bits per heavy atom. The highest BCUT2D eigenvalue weighted by Crippen LogP contribution is 2.18. The molecule has 0 saturated heterocycles. The van der Waals surface area contributed by atoms with Gasteiger partial charge in [0, 0.05) is 6.54 Å². The topological polar surface area (TPSA) is 89.6 Å². The van der Waals surface area contributed by atoms with E-state index in [9.17, 15) is 5.11 Å². The maximum atomic E-state index is 10.2. The Kier molecular flexibility index (Phi) is 5.48. The molecular weight excluding hydrogens is 322 g/mol. The largest absolute Gasteiger partial charge is 0.497 e. The lowest BCUT2D eigenvalue weighted by molar-refractivity contribution is 0.190. The number of hydrogen-bond donors (Lipinski definition) is 2. The first-order valence-electron chi connectivity index (χ1n) is 7.81. The zero-order chi connectivity index (χ0) is 17.5. The average Bonchev–Trinajstić information content (AvgIpc) is 3.13. The number of para-hydroxylation sites is 1. The summed E-state index contributed by atoms with van der Waals surface area (Å²) in [6, 6.07) is 16.8. The van der Waals surface area contributed by atoms with Gasteiger partial charge in [-0.05, 0) is 29.8 Å². The second kappa shape index (κ2) is 8.16. The van der Waals surface area contributed by atoms with Crippen molar-refractivity contribution in [2.75, 3.05) is 19.0 Å². The molecule has 0 saturated carbocycles. The SMILES string of the molecule is COc1ccc([C@@H](O)CNc2nc(COc3ccccc3)no2)cc1. The highest BCUT2D eigenvalue weighted by Gasteiger charge is 2.11. The lowest BCUT2D eigenvalue weighted by Gasteiger charge is -2.11. The van der Waals surface area contributed by atoms with E-state index in [0.29, 0.717) is 5.82 Å². The van der Waals surface area contributed by atoms with Gasteiger partial charge < -0.3 is 24.4 Å². The summed E-state index contributed by atoms with van der Waals surface area (Å²) in [5, 5.41) is 16.9. The molecule has 0 amide bonds. The van der Waals surface area contributed by atoms with Gasteiger partial charge in [-0.25, -0.2) is 0 Å². The van der Waals surface area contributed by atoms with Gasteiger partial charge >= 0.3 is 6.01 Å². The van der Waals surface area contributed by atoms with Crippen LogP contribution in [0.15, 0.2) is 59.1 Å². The molecule has 0 aliphatic carbocycles. The van der Waals surface area contributed by atoms with Gasteiger partial charge in [0.25, 0.3) is 0 Å². The maximum Gasteiger partial charge on any atom is 0.321 e. The van der Waals surface area contributed by atoms with Crippen LogP contribution in [-0.4, -0.2) is 28.9 Å². The van der Waals surface area contributed by atoms with Gasteiger partial charge in [-0.1, -0.05) is 35.5 Å². The molecule has 0 aliphatic rings. The Hall–Kier alpha value is -3.06. The van der Waals surface area contributed by atoms with E-state index in [1.807, 2.05) is 30.3 Å². The lowest BCUT2D eigenvalue weighted by atomic mass is 10.1. The number of aromatic nitrogens is 2. The Labute approximate surface area is 145 Å². The number of aliphatic hydroxyl groups is 1. The van der Waals surface area contributed by atoms with Crippen molar-refractivity contribution in [3.63, 3.8) is 0 Å². The molecule has 1 aromatic heterocycles. The number of methoxy groups -OCH3 is 1. The van der Waals surface area contributed by atoms with Crippen LogP contribution in [-0.2, 0) is 6.61 Å². The number of hydrogen-bond acceptors (Lipinski definition) is 7. The first-order chi connectivity index (χ1) is 12.2. The van der Waals surface area contributed by atoms with Crippen LogP contribution in [0, 0.1) is 0 Å². The number of aliphatic hydroxyl groups excluding tert-OH is 1. The molecule has 7 nitrogen and oxygen atoms in total. The third kappa shape index (κ3) is 4.71. The summed E-state index contributed by atoms with van der Waals surface area (Å²) in [5.74, 6) is 1.89. The zero-order valence-corrected chi connectivity index (χ0v) is 13.8. The molecule has 0 unspecified atom stereocenters. The first kappa shape index (κ1) is 16.8. The summed E-state index contributed by atoms with van der Waals surface area (Å²) in [5.41, 5.74) is 0.764. The zero-order valence-electron chi connectivity index (χ0n) is 13.8. The molecule has 0 fully saturated rings. The van der Waals surface area contributed by atoms with Crippen LogP contribution in [0.4, 0.5) is 6.01 Å². The van der Waals surface area contributed by atoms with Crippen LogP contribution in [0.25, 0.3) is 0 Å². The number of anilines is 1. The molecule has 2 aromatic carbocycles. The van der Waals surface area contributed by atoms with Crippen molar-refractivity contribution in [3.8, 4) is 11.5 Å². The summed E-state index contributed by atoms with van der Waals surface area (Å²) < 4.78 is 15.7. The predicted molar refractivity (Wildman–Crippen MR) is 91.5 cm³/mol. The van der Waals surface area contributed by atoms with Crippen molar-refractivity contribution in [1.29, 1.82) is 0 Å². The molecule has 25 heavy (non-hydrogen) atoms. The van der Waals surface area contributed by atoms with Crippen LogP contribution in [0.1, 0.15) is 17.5 Å². The van der Waals surface area contributed by atoms with Crippen molar-refractivity contribution in [1.82, 2.24) is 10.1 Å². The van der Waals surface area contributed by atoms with Gasteiger partial charge in [-0.15, -0.1) is 0 Å². The molecule has 130 valence electrons. The van der Waals surface area contributed by atoms with E-state index in [4.69, 9.17) is 14.0 Å². The fourth-order valence-electron chi connectivity index (χ4n) is 2.18. The highest BCUT2D eigenvalue weighted by atomic mass is 16.5. The Morgan fingerprint density at radius 3 is 2.56 bits per heavy atom. The molecule has 0 radical (unpaired) electrons. The fraction of sp³-hybridized carbons (Fsp3) is 0.222. The Bertz CT molecular complexity index is 775. The van der Waals surface area contributed by atoms with E-state index in [2.05, 4.69) is 15.5 Å². The number of nitrogens with zero attached hydrogens (tertiary/aromatic N) is 2. The van der Waals surface area contributed by atoms with Crippen molar-refractivity contribution < 1.29 is 19.1 Å². The summed E-state index contributed by atoms with van der Waals surface area (Å²) in [6.45, 7) is 0.448. The highest BCUT2D eigenvalue weighted by molar-refractivity contribution is 5.30. The Balaban J connectivity index is 1.49. The van der Waals surface area contributed by atoms with Crippen LogP contribution in [0.3, 0.4) is 0 Å². The average molecular weight is 341 g/mol. The van der Waals surface area contributed by atoms with Gasteiger partial charge in [0.1, 0.15) is 11.5 Å². The van der Waals surface area contributed by atoms with Crippen molar-refractivity contribution in [3.05, 3.63) is 66.0 Å². The molecule has 0 spiro atoms. The van der Waals surface area contributed by atoms with Crippen molar-refractivity contribution >= 4 is 6.01 Å². The van der Waals surface area contributed by atoms with Crippen molar-refractivity contribution in [2.45, 2.75) is 12.7 Å². The van der Waals surface area contributed by atoms with Gasteiger partial charge in [0.2, 0.25) is 5.82 Å². The van der Waals surface area contributed by atoms with Gasteiger partial charge in [-0.2, -0.15) is 4.98 Å². The monoisotopic (exact) mass is 341 g/mol. The standard InChI is InChI=1S/C18H19N3O4/c1-23-14-9-7-13(8-10-14)16(22)11-19-18-20-17(21-25-18)12-24-15-5-3-2-4-6-15/h2-10,16,22H,11-12H2,1H3,(H,19,20,21)/t16-/m0/s1. The first-order valence-corrected chi connectivity index (χ1v) is 7.81. The van der Waals surface area contributed by atoms with E-state index >= 15 is 0 Å². The van der Waals surface area contributed by atoms with Crippen LogP contribution < -0.4 is 14.8 Å². The third-order valence-corrected chi connectivity index (χ3v) is 3.53. The smallest absolute Gasteiger partial charge is 0.321 e. The molecular formula is C18H19N3O4. The van der Waals surface area contributed by atoms with Gasteiger partial charge in [0.15, 0.2) is 6.61 Å². The number of ether oxygens (including phenoxy) is 2. The van der Waals surface area contributed by atoms with E-state index in [0.717, 1.165) is 17.1 Å². The predicted octanol–water partition coefficient (Wildman–Crippen LogP) is 2.80.